The zero-order chi connectivity index (χ0) is 10.6. The van der Waals surface area contributed by atoms with E-state index in [2.05, 4.69) is 41.9 Å². The maximum Gasteiger partial charge on any atom is 0.0624 e. The average molecular weight is 195 g/mol. The van der Waals surface area contributed by atoms with Crippen molar-refractivity contribution in [1.82, 2.24) is 15.1 Å². The van der Waals surface area contributed by atoms with Gasteiger partial charge in [0, 0.05) is 24.7 Å². The largest absolute Gasteiger partial charge is 0.317 e. The van der Waals surface area contributed by atoms with Crippen molar-refractivity contribution in [2.45, 2.75) is 46.2 Å². The molecule has 0 amide bonds. The zero-order valence-corrected chi connectivity index (χ0v) is 9.67. The van der Waals surface area contributed by atoms with Crippen LogP contribution in [0.15, 0.2) is 6.07 Å². The maximum absolute atomic E-state index is 4.52. The van der Waals surface area contributed by atoms with Gasteiger partial charge in [0.05, 0.1) is 5.69 Å². The second kappa shape index (κ2) is 5.15. The number of nitrogens with one attached hydrogen (secondary N) is 1. The van der Waals surface area contributed by atoms with E-state index in [4.69, 9.17) is 0 Å². The standard InChI is InChI=1S/C11H21N3/c1-5-10-8-11(7-9(3)12-4)14(6-2)13-10/h8-9,12H,5-7H2,1-4H3. The second-order valence-electron chi connectivity index (χ2n) is 3.69. The fourth-order valence-electron chi connectivity index (χ4n) is 1.54. The third-order valence-electron chi connectivity index (χ3n) is 2.58. The molecule has 0 spiro atoms. The number of aromatic nitrogens is 2. The summed E-state index contributed by atoms with van der Waals surface area (Å²) in [5, 5.41) is 7.77. The minimum atomic E-state index is 0.515. The third kappa shape index (κ3) is 2.58. The van der Waals surface area contributed by atoms with Gasteiger partial charge < -0.3 is 5.32 Å². The Kier molecular flexibility index (Phi) is 4.14. The molecule has 1 heterocycles. The van der Waals surface area contributed by atoms with Crippen molar-refractivity contribution < 1.29 is 0 Å². The van der Waals surface area contributed by atoms with Crippen molar-refractivity contribution >= 4 is 0 Å². The van der Waals surface area contributed by atoms with Crippen LogP contribution in [0.2, 0.25) is 0 Å². The number of nitrogens with zero attached hydrogens (tertiary/aromatic N) is 2. The van der Waals surface area contributed by atoms with Gasteiger partial charge in [0.2, 0.25) is 0 Å². The van der Waals surface area contributed by atoms with Crippen LogP contribution in [0.25, 0.3) is 0 Å². The van der Waals surface area contributed by atoms with Gasteiger partial charge in [-0.05, 0) is 33.4 Å². The van der Waals surface area contributed by atoms with Crippen LogP contribution in [-0.2, 0) is 19.4 Å². The summed E-state index contributed by atoms with van der Waals surface area (Å²) >= 11 is 0. The summed E-state index contributed by atoms with van der Waals surface area (Å²) in [7, 11) is 2.00. The van der Waals surface area contributed by atoms with Crippen LogP contribution in [0.1, 0.15) is 32.2 Å². The van der Waals surface area contributed by atoms with Gasteiger partial charge in [-0.3, -0.25) is 4.68 Å². The lowest BCUT2D eigenvalue weighted by atomic mass is 10.1. The van der Waals surface area contributed by atoms with Gasteiger partial charge in [0.25, 0.3) is 0 Å². The molecule has 0 aromatic carbocycles. The van der Waals surface area contributed by atoms with E-state index >= 15 is 0 Å². The zero-order valence-electron chi connectivity index (χ0n) is 9.67. The van der Waals surface area contributed by atoms with Crippen LogP contribution < -0.4 is 5.32 Å². The molecule has 1 atom stereocenters. The van der Waals surface area contributed by atoms with E-state index in [1.807, 2.05) is 7.05 Å². The molecule has 3 nitrogen and oxygen atoms in total. The van der Waals surface area contributed by atoms with E-state index in [-0.39, 0.29) is 0 Å². The summed E-state index contributed by atoms with van der Waals surface area (Å²) in [5.41, 5.74) is 2.54. The fraction of sp³-hybridized carbons (Fsp3) is 0.727. The van der Waals surface area contributed by atoms with E-state index in [0.717, 1.165) is 19.4 Å². The molecule has 0 saturated carbocycles. The SMILES string of the molecule is CCc1cc(CC(C)NC)n(CC)n1. The Hall–Kier alpha value is -0.830. The summed E-state index contributed by atoms with van der Waals surface area (Å²) in [4.78, 5) is 0. The first-order valence-corrected chi connectivity index (χ1v) is 5.44. The molecule has 0 fully saturated rings. The van der Waals surface area contributed by atoms with Gasteiger partial charge >= 0.3 is 0 Å². The quantitative estimate of drug-likeness (QED) is 0.773. The smallest absolute Gasteiger partial charge is 0.0624 e. The first kappa shape index (κ1) is 11.2. The van der Waals surface area contributed by atoms with Gasteiger partial charge in [-0.1, -0.05) is 6.92 Å². The van der Waals surface area contributed by atoms with Crippen LogP contribution in [0.3, 0.4) is 0 Å². The normalized spacial score (nSPS) is 13.1. The highest BCUT2D eigenvalue weighted by Gasteiger charge is 2.08. The molecule has 1 aromatic rings. The molecule has 1 rings (SSSR count). The van der Waals surface area contributed by atoms with Gasteiger partial charge in [-0.15, -0.1) is 0 Å². The van der Waals surface area contributed by atoms with Crippen LogP contribution in [0.5, 0.6) is 0 Å². The van der Waals surface area contributed by atoms with E-state index in [1.165, 1.54) is 11.4 Å². The van der Waals surface area contributed by atoms with Crippen molar-refractivity contribution in [3.8, 4) is 0 Å². The molecule has 3 heteroatoms. The molecule has 1 aromatic heterocycles. The van der Waals surface area contributed by atoms with Crippen molar-refractivity contribution in [3.63, 3.8) is 0 Å². The highest BCUT2D eigenvalue weighted by molar-refractivity contribution is 5.11. The van der Waals surface area contributed by atoms with Crippen molar-refractivity contribution in [3.05, 3.63) is 17.5 Å². The number of hydrogen-bond donors (Lipinski definition) is 1. The summed E-state index contributed by atoms with van der Waals surface area (Å²) < 4.78 is 2.10. The topological polar surface area (TPSA) is 29.9 Å². The van der Waals surface area contributed by atoms with E-state index < -0.39 is 0 Å². The van der Waals surface area contributed by atoms with Crippen LogP contribution in [-0.4, -0.2) is 22.9 Å². The summed E-state index contributed by atoms with van der Waals surface area (Å²) in [5.74, 6) is 0. The first-order valence-electron chi connectivity index (χ1n) is 5.44. The van der Waals surface area contributed by atoms with Crippen molar-refractivity contribution in [1.29, 1.82) is 0 Å². The van der Waals surface area contributed by atoms with Gasteiger partial charge in [0.1, 0.15) is 0 Å². The number of aryl methyl sites for hydroxylation is 2. The molecule has 1 N–H and O–H groups in total. The molecule has 14 heavy (non-hydrogen) atoms. The van der Waals surface area contributed by atoms with Gasteiger partial charge in [-0.2, -0.15) is 5.10 Å². The first-order chi connectivity index (χ1) is 6.71. The highest BCUT2D eigenvalue weighted by Crippen LogP contribution is 2.08. The number of likely N-dealkylation sites (N-methyl/N-ethyl adjacent to an activating group) is 1. The average Bonchev–Trinajstić information content (AvgIpc) is 2.60. The molecule has 1 unspecified atom stereocenters. The molecule has 0 saturated heterocycles. The lowest BCUT2D eigenvalue weighted by Gasteiger charge is -2.10. The number of hydrogen-bond acceptors (Lipinski definition) is 2. The number of rotatable bonds is 5. The molecule has 0 aliphatic rings. The Morgan fingerprint density at radius 2 is 2.21 bits per heavy atom. The monoisotopic (exact) mass is 195 g/mol. The van der Waals surface area contributed by atoms with E-state index in [1.54, 1.807) is 0 Å². The Bertz CT molecular complexity index is 278. The predicted molar refractivity (Wildman–Crippen MR) is 59.5 cm³/mol. The van der Waals surface area contributed by atoms with Gasteiger partial charge in [0.15, 0.2) is 0 Å². The van der Waals surface area contributed by atoms with Gasteiger partial charge in [-0.25, -0.2) is 0 Å². The predicted octanol–water partition coefficient (Wildman–Crippen LogP) is 1.62. The molecular formula is C11H21N3. The summed E-state index contributed by atoms with van der Waals surface area (Å²) in [6.07, 6.45) is 2.07. The lowest BCUT2D eigenvalue weighted by molar-refractivity contribution is 0.551. The van der Waals surface area contributed by atoms with Crippen LogP contribution in [0.4, 0.5) is 0 Å². The molecule has 0 aliphatic carbocycles. The molecule has 0 radical (unpaired) electrons. The molecule has 0 aliphatic heterocycles. The third-order valence-corrected chi connectivity index (χ3v) is 2.58. The Balaban J connectivity index is 2.78. The summed E-state index contributed by atoms with van der Waals surface area (Å²) in [6, 6.07) is 2.74. The Morgan fingerprint density at radius 1 is 1.50 bits per heavy atom. The second-order valence-corrected chi connectivity index (χ2v) is 3.69. The Labute approximate surface area is 86.5 Å². The van der Waals surface area contributed by atoms with Crippen LogP contribution >= 0.6 is 0 Å². The minimum Gasteiger partial charge on any atom is -0.317 e. The van der Waals surface area contributed by atoms with Crippen LogP contribution in [0, 0.1) is 0 Å². The Morgan fingerprint density at radius 3 is 2.71 bits per heavy atom. The molecular weight excluding hydrogens is 174 g/mol. The van der Waals surface area contributed by atoms with Crippen molar-refractivity contribution in [2.24, 2.45) is 0 Å². The maximum atomic E-state index is 4.52. The van der Waals surface area contributed by atoms with Crippen molar-refractivity contribution in [2.75, 3.05) is 7.05 Å². The minimum absolute atomic E-state index is 0.515. The van der Waals surface area contributed by atoms with E-state index in [0.29, 0.717) is 6.04 Å². The molecule has 80 valence electrons. The highest BCUT2D eigenvalue weighted by atomic mass is 15.3. The summed E-state index contributed by atoms with van der Waals surface area (Å²) in [6.45, 7) is 7.44. The van der Waals surface area contributed by atoms with E-state index in [9.17, 15) is 0 Å². The molecule has 0 bridgehead atoms. The fourth-order valence-corrected chi connectivity index (χ4v) is 1.54. The lowest BCUT2D eigenvalue weighted by Crippen LogP contribution is -2.24.